The number of fused-ring (bicyclic) bond motifs is 1. The van der Waals surface area contributed by atoms with Crippen molar-refractivity contribution >= 4 is 47.4 Å². The molecule has 6 nitrogen and oxygen atoms in total. The topological polar surface area (TPSA) is 55.1 Å². The van der Waals surface area contributed by atoms with Gasteiger partial charge in [-0.05, 0) is 38.1 Å². The molecule has 31 heavy (non-hydrogen) atoms. The first-order chi connectivity index (χ1) is 14.0. The molecule has 1 saturated heterocycles. The SMILES string of the molecule is CCN(CC)CCc1c(C)c2cc(CN3CCOCC3)c(OC)c(Cl)c2oc1=O.Cl.Cl. The molecule has 1 aliphatic heterocycles. The van der Waals surface area contributed by atoms with Gasteiger partial charge in [0, 0.05) is 42.7 Å². The molecule has 2 heterocycles. The summed E-state index contributed by atoms with van der Waals surface area (Å²) in [7, 11) is 1.60. The zero-order chi connectivity index (χ0) is 21.0. The van der Waals surface area contributed by atoms with Crippen molar-refractivity contribution in [1.82, 2.24) is 9.80 Å². The van der Waals surface area contributed by atoms with Crippen molar-refractivity contribution < 1.29 is 13.9 Å². The molecule has 3 rings (SSSR count). The number of hydrogen-bond donors (Lipinski definition) is 0. The summed E-state index contributed by atoms with van der Waals surface area (Å²) in [6.45, 7) is 12.9. The summed E-state index contributed by atoms with van der Waals surface area (Å²) in [6.07, 6.45) is 0.661. The molecule has 9 heteroatoms. The second-order valence-corrected chi connectivity index (χ2v) is 7.80. The van der Waals surface area contributed by atoms with E-state index in [-0.39, 0.29) is 30.4 Å². The Kier molecular flexibility index (Phi) is 11.6. The van der Waals surface area contributed by atoms with Gasteiger partial charge in [0.2, 0.25) is 0 Å². The molecule has 0 spiro atoms. The summed E-state index contributed by atoms with van der Waals surface area (Å²) in [6, 6.07) is 2.06. The van der Waals surface area contributed by atoms with E-state index < -0.39 is 0 Å². The predicted octanol–water partition coefficient (Wildman–Crippen LogP) is 4.32. The molecule has 2 aromatic rings. The van der Waals surface area contributed by atoms with Crippen molar-refractivity contribution in [2.75, 3.05) is 53.0 Å². The normalized spacial score (nSPS) is 14.4. The number of benzene rings is 1. The zero-order valence-electron chi connectivity index (χ0n) is 18.7. The van der Waals surface area contributed by atoms with E-state index in [2.05, 4.69) is 29.7 Å². The molecule has 0 N–H and O–H groups in total. The summed E-state index contributed by atoms with van der Waals surface area (Å²) in [5.74, 6) is 0.573. The van der Waals surface area contributed by atoms with Gasteiger partial charge in [-0.2, -0.15) is 0 Å². The highest BCUT2D eigenvalue weighted by molar-refractivity contribution is 6.36. The Balaban J connectivity index is 0.00000240. The Bertz CT molecular complexity index is 910. The standard InChI is InChI=1S/C22H31ClN2O4.2ClH/c1-5-24(6-2)8-7-17-15(3)18-13-16(14-25-9-11-28-12-10-25)20(27-4)19(23)21(18)29-22(17)26;;/h13H,5-12,14H2,1-4H3;2*1H. The fourth-order valence-electron chi connectivity index (χ4n) is 3.95. The molecule has 0 amide bonds. The third-order valence-electron chi connectivity index (χ3n) is 5.83. The lowest BCUT2D eigenvalue weighted by Gasteiger charge is -2.27. The fourth-order valence-corrected chi connectivity index (χ4v) is 4.29. The Morgan fingerprint density at radius 2 is 1.84 bits per heavy atom. The highest BCUT2D eigenvalue weighted by atomic mass is 35.5. The van der Waals surface area contributed by atoms with Gasteiger partial charge in [-0.1, -0.05) is 25.4 Å². The molecule has 0 aliphatic carbocycles. The Hall–Kier alpha value is -1.02. The molecule has 1 aromatic heterocycles. The van der Waals surface area contributed by atoms with Crippen molar-refractivity contribution in [1.29, 1.82) is 0 Å². The van der Waals surface area contributed by atoms with E-state index in [1.165, 1.54) is 0 Å². The largest absolute Gasteiger partial charge is 0.495 e. The van der Waals surface area contributed by atoms with Crippen LogP contribution in [0.5, 0.6) is 5.75 Å². The number of ether oxygens (including phenoxy) is 2. The average Bonchev–Trinajstić information content (AvgIpc) is 2.73. The molecule has 1 fully saturated rings. The Morgan fingerprint density at radius 3 is 2.42 bits per heavy atom. The number of hydrogen-bond acceptors (Lipinski definition) is 6. The molecular formula is C22H33Cl3N2O4. The van der Waals surface area contributed by atoms with Crippen molar-refractivity contribution in [2.45, 2.75) is 33.7 Å². The zero-order valence-corrected chi connectivity index (χ0v) is 21.1. The van der Waals surface area contributed by atoms with E-state index in [1.807, 2.05) is 6.92 Å². The monoisotopic (exact) mass is 494 g/mol. The van der Waals surface area contributed by atoms with Gasteiger partial charge >= 0.3 is 5.63 Å². The molecule has 1 aromatic carbocycles. The second-order valence-electron chi connectivity index (χ2n) is 7.42. The minimum Gasteiger partial charge on any atom is -0.495 e. The van der Waals surface area contributed by atoms with E-state index in [0.29, 0.717) is 22.8 Å². The van der Waals surface area contributed by atoms with Crippen LogP contribution in [0.3, 0.4) is 0 Å². The average molecular weight is 496 g/mol. The predicted molar refractivity (Wildman–Crippen MR) is 131 cm³/mol. The Labute approximate surface area is 201 Å². The molecular weight excluding hydrogens is 463 g/mol. The lowest BCUT2D eigenvalue weighted by Crippen LogP contribution is -2.35. The minimum absolute atomic E-state index is 0. The Morgan fingerprint density at radius 1 is 1.19 bits per heavy atom. The summed E-state index contributed by atoms with van der Waals surface area (Å²) >= 11 is 6.62. The molecule has 0 saturated carbocycles. The van der Waals surface area contributed by atoms with Gasteiger partial charge in [-0.3, -0.25) is 4.90 Å². The van der Waals surface area contributed by atoms with Crippen LogP contribution in [0.1, 0.15) is 30.5 Å². The number of nitrogens with zero attached hydrogens (tertiary/aromatic N) is 2. The maximum atomic E-state index is 12.7. The number of rotatable bonds is 8. The van der Waals surface area contributed by atoms with Gasteiger partial charge in [0.1, 0.15) is 10.8 Å². The summed E-state index contributed by atoms with van der Waals surface area (Å²) in [5.41, 5.74) is 2.76. The lowest BCUT2D eigenvalue weighted by molar-refractivity contribution is 0.0339. The van der Waals surface area contributed by atoms with Gasteiger partial charge < -0.3 is 18.8 Å². The maximum Gasteiger partial charge on any atom is 0.339 e. The minimum atomic E-state index is -0.313. The molecule has 176 valence electrons. The highest BCUT2D eigenvalue weighted by Crippen LogP contribution is 2.38. The number of methoxy groups -OCH3 is 1. The first-order valence-electron chi connectivity index (χ1n) is 10.3. The van der Waals surface area contributed by atoms with Crippen LogP contribution in [-0.2, 0) is 17.7 Å². The van der Waals surface area contributed by atoms with Crippen LogP contribution < -0.4 is 10.4 Å². The van der Waals surface area contributed by atoms with E-state index in [4.69, 9.17) is 25.5 Å². The number of halogens is 3. The fraction of sp³-hybridized carbons (Fsp3) is 0.591. The van der Waals surface area contributed by atoms with Crippen LogP contribution in [-0.4, -0.2) is 62.8 Å². The van der Waals surface area contributed by atoms with Crippen molar-refractivity contribution in [3.63, 3.8) is 0 Å². The number of likely N-dealkylation sites (N-methyl/N-ethyl adjacent to an activating group) is 1. The molecule has 1 aliphatic rings. The van der Waals surface area contributed by atoms with Crippen molar-refractivity contribution in [3.05, 3.63) is 38.2 Å². The quantitative estimate of drug-likeness (QED) is 0.508. The van der Waals surface area contributed by atoms with Gasteiger partial charge in [-0.25, -0.2) is 4.79 Å². The van der Waals surface area contributed by atoms with E-state index in [1.54, 1.807) is 7.11 Å². The van der Waals surface area contributed by atoms with Crippen molar-refractivity contribution in [3.8, 4) is 5.75 Å². The summed E-state index contributed by atoms with van der Waals surface area (Å²) in [4.78, 5) is 17.3. The summed E-state index contributed by atoms with van der Waals surface area (Å²) in [5, 5.41) is 1.25. The first-order valence-corrected chi connectivity index (χ1v) is 10.7. The molecule has 0 bridgehead atoms. The number of aryl methyl sites for hydroxylation is 1. The first kappa shape index (κ1) is 28.0. The molecule has 0 radical (unpaired) electrons. The van der Waals surface area contributed by atoms with E-state index in [9.17, 15) is 4.79 Å². The second kappa shape index (κ2) is 12.9. The third kappa shape index (κ3) is 6.28. The van der Waals surface area contributed by atoms with Crippen LogP contribution in [0.2, 0.25) is 5.02 Å². The molecule has 0 unspecified atom stereocenters. The van der Waals surface area contributed by atoms with Crippen LogP contribution >= 0.6 is 36.4 Å². The van der Waals surface area contributed by atoms with Crippen LogP contribution in [0.25, 0.3) is 11.0 Å². The maximum absolute atomic E-state index is 12.7. The van der Waals surface area contributed by atoms with Crippen LogP contribution in [0, 0.1) is 6.92 Å². The van der Waals surface area contributed by atoms with Crippen LogP contribution in [0.4, 0.5) is 0 Å². The van der Waals surface area contributed by atoms with Gasteiger partial charge in [0.25, 0.3) is 0 Å². The number of morpholine rings is 1. The molecule has 0 atom stereocenters. The smallest absolute Gasteiger partial charge is 0.339 e. The third-order valence-corrected chi connectivity index (χ3v) is 6.17. The van der Waals surface area contributed by atoms with E-state index >= 15 is 0 Å². The lowest BCUT2D eigenvalue weighted by atomic mass is 10.0. The highest BCUT2D eigenvalue weighted by Gasteiger charge is 2.22. The van der Waals surface area contributed by atoms with Crippen LogP contribution in [0.15, 0.2) is 15.3 Å². The van der Waals surface area contributed by atoms with Crippen molar-refractivity contribution in [2.24, 2.45) is 0 Å². The van der Waals surface area contributed by atoms with Gasteiger partial charge in [0.05, 0.1) is 20.3 Å². The van der Waals surface area contributed by atoms with Gasteiger partial charge in [0.15, 0.2) is 5.58 Å². The summed E-state index contributed by atoms with van der Waals surface area (Å²) < 4.78 is 16.7. The van der Waals surface area contributed by atoms with E-state index in [0.717, 1.165) is 74.6 Å². The van der Waals surface area contributed by atoms with Gasteiger partial charge in [-0.15, -0.1) is 24.8 Å².